The zero-order chi connectivity index (χ0) is 29.4. The Morgan fingerprint density at radius 1 is 0.700 bits per heavy atom. The van der Waals surface area contributed by atoms with Crippen molar-refractivity contribution in [1.29, 1.82) is 0 Å². The fraction of sp³-hybridized carbons (Fsp3) is 0.926. The average Bonchev–Trinajstić information content (AvgIpc) is 2.94. The predicted octanol–water partition coefficient (Wildman–Crippen LogP) is 4.04. The van der Waals surface area contributed by atoms with Crippen LogP contribution in [0.5, 0.6) is 0 Å². The number of ether oxygens (including phenoxy) is 4. The molecule has 0 aliphatic carbocycles. The average molecular weight is 615 g/mol. The van der Waals surface area contributed by atoms with Crippen molar-refractivity contribution in [3.63, 3.8) is 0 Å². The summed E-state index contributed by atoms with van der Waals surface area (Å²) in [4.78, 5) is 22.2. The monoisotopic (exact) mass is 614 g/mol. The van der Waals surface area contributed by atoms with E-state index in [0.29, 0.717) is 39.6 Å². The molecule has 0 aliphatic heterocycles. The molecule has 0 aromatic heterocycles. The Morgan fingerprint density at radius 3 is 2.05 bits per heavy atom. The summed E-state index contributed by atoms with van der Waals surface area (Å²) in [5, 5.41) is 6.69. The first kappa shape index (κ1) is 39.6. The minimum atomic E-state index is -3.76. The summed E-state index contributed by atoms with van der Waals surface area (Å²) in [6.45, 7) is 9.49. The number of hydrogen-bond acceptors (Lipinski definition) is 12. The van der Waals surface area contributed by atoms with Crippen LogP contribution in [0.15, 0.2) is 0 Å². The van der Waals surface area contributed by atoms with Crippen molar-refractivity contribution in [3.05, 3.63) is 0 Å². The van der Waals surface area contributed by atoms with Crippen LogP contribution in [-0.2, 0) is 42.1 Å². The van der Waals surface area contributed by atoms with E-state index in [1.54, 1.807) is 13.8 Å². The van der Waals surface area contributed by atoms with Crippen LogP contribution in [0.3, 0.4) is 0 Å². The molecule has 238 valence electrons. The minimum absolute atomic E-state index is 0.129. The highest BCUT2D eigenvalue weighted by Crippen LogP contribution is 2.48. The van der Waals surface area contributed by atoms with Gasteiger partial charge in [-0.25, -0.2) is 0 Å². The molecule has 0 spiro atoms. The molecule has 13 heteroatoms. The van der Waals surface area contributed by atoms with E-state index in [9.17, 15) is 14.2 Å². The molecule has 0 rings (SSSR count). The number of thioether (sulfide) groups is 1. The third-order valence-electron chi connectivity index (χ3n) is 5.40. The molecule has 0 saturated heterocycles. The predicted molar refractivity (Wildman–Crippen MR) is 160 cm³/mol. The lowest BCUT2D eigenvalue weighted by Crippen LogP contribution is -2.22. The first-order valence-corrected chi connectivity index (χ1v) is 17.5. The SMILES string of the molecule is CCOP(=O)(OCC)C(=O)COCCOCCOCCNCCCSCCCOCNCCCCCCCC=O. The van der Waals surface area contributed by atoms with Gasteiger partial charge in [-0.1, -0.05) is 19.3 Å². The molecular weight excluding hydrogens is 559 g/mol. The van der Waals surface area contributed by atoms with Gasteiger partial charge >= 0.3 is 7.60 Å². The number of nitrogens with one attached hydrogen (secondary N) is 2. The molecule has 0 fully saturated rings. The first-order valence-electron chi connectivity index (χ1n) is 14.8. The molecule has 40 heavy (non-hydrogen) atoms. The standard InChI is InChI=1S/C27H55N2O9PS/c1-3-37-39(32,38-4-2)27(31)25-35-22-21-34-20-19-33-18-15-28-14-11-23-40-24-12-17-36-26-29-13-9-7-5-6-8-10-16-30/h16,28-29H,3-15,17-26H2,1-2H3. The molecule has 0 amide bonds. The number of carbonyl (C=O) groups is 2. The first-order chi connectivity index (χ1) is 19.6. The lowest BCUT2D eigenvalue weighted by atomic mass is 10.1. The summed E-state index contributed by atoms with van der Waals surface area (Å²) in [7, 11) is -3.76. The molecule has 2 N–H and O–H groups in total. The van der Waals surface area contributed by atoms with Crippen molar-refractivity contribution in [2.45, 2.75) is 65.2 Å². The Bertz CT molecular complexity index is 611. The summed E-state index contributed by atoms with van der Waals surface area (Å²) in [6.07, 6.45) is 9.64. The zero-order valence-corrected chi connectivity index (χ0v) is 26.6. The van der Waals surface area contributed by atoms with Gasteiger partial charge in [-0.2, -0.15) is 11.8 Å². The highest BCUT2D eigenvalue weighted by Gasteiger charge is 2.33. The zero-order valence-electron chi connectivity index (χ0n) is 24.9. The molecule has 0 aromatic carbocycles. The van der Waals surface area contributed by atoms with E-state index in [2.05, 4.69) is 10.6 Å². The second-order valence-electron chi connectivity index (χ2n) is 8.85. The largest absolute Gasteiger partial charge is 0.399 e. The maximum Gasteiger partial charge on any atom is 0.399 e. The maximum atomic E-state index is 12.3. The van der Waals surface area contributed by atoms with E-state index in [4.69, 9.17) is 28.0 Å². The van der Waals surface area contributed by atoms with Crippen LogP contribution in [-0.4, -0.2) is 109 Å². The van der Waals surface area contributed by atoms with Gasteiger partial charge in [0.2, 0.25) is 0 Å². The highest BCUT2D eigenvalue weighted by atomic mass is 32.2. The van der Waals surface area contributed by atoms with Crippen molar-refractivity contribution in [3.8, 4) is 0 Å². The van der Waals surface area contributed by atoms with Crippen LogP contribution in [0.25, 0.3) is 0 Å². The van der Waals surface area contributed by atoms with E-state index in [-0.39, 0.29) is 26.4 Å². The van der Waals surface area contributed by atoms with Crippen LogP contribution in [0.2, 0.25) is 0 Å². The number of rotatable bonds is 34. The van der Waals surface area contributed by atoms with Gasteiger partial charge in [-0.05, 0) is 64.1 Å². The molecular formula is C27H55N2O9PS. The van der Waals surface area contributed by atoms with Crippen molar-refractivity contribution in [2.24, 2.45) is 0 Å². The van der Waals surface area contributed by atoms with E-state index >= 15 is 0 Å². The van der Waals surface area contributed by atoms with Crippen molar-refractivity contribution in [2.75, 3.05) is 97.3 Å². The maximum absolute atomic E-state index is 12.3. The Hall–Kier alpha value is -0.400. The highest BCUT2D eigenvalue weighted by molar-refractivity contribution is 7.99. The van der Waals surface area contributed by atoms with Gasteiger partial charge in [-0.3, -0.25) is 14.7 Å². The minimum Gasteiger partial charge on any atom is -0.378 e. The van der Waals surface area contributed by atoms with Gasteiger partial charge in [0.15, 0.2) is 0 Å². The van der Waals surface area contributed by atoms with E-state index in [0.717, 1.165) is 76.1 Å². The van der Waals surface area contributed by atoms with Gasteiger partial charge in [0, 0.05) is 19.6 Å². The van der Waals surface area contributed by atoms with Crippen molar-refractivity contribution >= 4 is 31.2 Å². The Morgan fingerprint density at radius 2 is 1.32 bits per heavy atom. The number of unbranched alkanes of at least 4 members (excludes halogenated alkanes) is 5. The Balaban J connectivity index is 3.24. The summed E-state index contributed by atoms with van der Waals surface area (Å²) in [6, 6.07) is 0. The van der Waals surface area contributed by atoms with E-state index in [1.165, 1.54) is 12.8 Å². The molecule has 0 aliphatic rings. The quantitative estimate of drug-likeness (QED) is 0.0470. The summed E-state index contributed by atoms with van der Waals surface area (Å²) in [5.41, 5.74) is -0.679. The van der Waals surface area contributed by atoms with Gasteiger partial charge in [0.1, 0.15) is 12.9 Å². The number of carbonyl (C=O) groups excluding carboxylic acids is 2. The molecule has 0 saturated carbocycles. The third-order valence-corrected chi connectivity index (χ3v) is 8.49. The van der Waals surface area contributed by atoms with Crippen LogP contribution < -0.4 is 10.6 Å². The second-order valence-corrected chi connectivity index (χ2v) is 12.1. The molecule has 11 nitrogen and oxygen atoms in total. The van der Waals surface area contributed by atoms with Gasteiger partial charge in [-0.15, -0.1) is 0 Å². The van der Waals surface area contributed by atoms with Crippen LogP contribution in [0.4, 0.5) is 0 Å². The summed E-state index contributed by atoms with van der Waals surface area (Å²) in [5.74, 6) is 2.25. The van der Waals surface area contributed by atoms with Crippen molar-refractivity contribution in [1.82, 2.24) is 10.6 Å². The molecule has 0 atom stereocenters. The van der Waals surface area contributed by atoms with Crippen LogP contribution >= 0.6 is 19.4 Å². The fourth-order valence-corrected chi connectivity index (χ4v) is 5.52. The van der Waals surface area contributed by atoms with Crippen molar-refractivity contribution < 1.29 is 42.1 Å². The van der Waals surface area contributed by atoms with Crippen LogP contribution in [0.1, 0.15) is 65.2 Å². The Labute approximate surface area is 246 Å². The Kier molecular flexibility index (Phi) is 31.2. The molecule has 0 radical (unpaired) electrons. The second kappa shape index (κ2) is 31.5. The molecule has 0 unspecified atom stereocenters. The van der Waals surface area contributed by atoms with Gasteiger partial charge < -0.3 is 38.1 Å². The summed E-state index contributed by atoms with van der Waals surface area (Å²) >= 11 is 1.96. The number of aldehydes is 1. The van der Waals surface area contributed by atoms with Crippen LogP contribution in [0, 0.1) is 0 Å². The van der Waals surface area contributed by atoms with E-state index in [1.807, 2.05) is 11.8 Å². The van der Waals surface area contributed by atoms with Gasteiger partial charge in [0.05, 0.1) is 53.0 Å². The number of hydrogen-bond donors (Lipinski definition) is 2. The third kappa shape index (κ3) is 26.5. The fourth-order valence-electron chi connectivity index (χ4n) is 3.36. The topological polar surface area (TPSA) is 131 Å². The normalized spacial score (nSPS) is 11.8. The van der Waals surface area contributed by atoms with E-state index < -0.39 is 13.1 Å². The lowest BCUT2D eigenvalue weighted by Gasteiger charge is -2.15. The molecule has 0 heterocycles. The molecule has 0 aromatic rings. The lowest BCUT2D eigenvalue weighted by molar-refractivity contribution is -0.118. The smallest absolute Gasteiger partial charge is 0.378 e. The van der Waals surface area contributed by atoms with Gasteiger partial charge in [0.25, 0.3) is 5.52 Å². The summed E-state index contributed by atoms with van der Waals surface area (Å²) < 4.78 is 44.0. The molecule has 0 bridgehead atoms.